The Hall–Kier alpha value is -0.900. The van der Waals surface area contributed by atoms with Gasteiger partial charge in [-0.15, -0.1) is 0 Å². The molecule has 0 aromatic carbocycles. The fourth-order valence-corrected chi connectivity index (χ4v) is 8.18. The van der Waals surface area contributed by atoms with Crippen molar-refractivity contribution in [1.82, 2.24) is 20.4 Å². The minimum Gasteiger partial charge on any atom is -0.481 e. The molecule has 5 rings (SSSR count). The molecule has 3 aliphatic heterocycles. The Balaban J connectivity index is 1.15. The Bertz CT molecular complexity index is 722. The van der Waals surface area contributed by atoms with Crippen molar-refractivity contribution < 1.29 is 23.1 Å². The Kier molecular flexibility index (Phi) is 7.97. The van der Waals surface area contributed by atoms with Crippen LogP contribution in [0, 0.1) is 29.6 Å². The van der Waals surface area contributed by atoms with E-state index >= 15 is 0 Å². The van der Waals surface area contributed by atoms with Crippen molar-refractivity contribution in [2.75, 3.05) is 26.3 Å². The first-order chi connectivity index (χ1) is 16.8. The van der Waals surface area contributed by atoms with Crippen LogP contribution in [0.1, 0.15) is 77.0 Å². The van der Waals surface area contributed by atoms with Gasteiger partial charge in [0.15, 0.2) is 0 Å². The molecule has 4 atom stereocenters. The first-order valence-corrected chi connectivity index (χ1v) is 14.0. The van der Waals surface area contributed by atoms with Crippen molar-refractivity contribution in [3.63, 3.8) is 0 Å². The molecule has 2 saturated carbocycles. The van der Waals surface area contributed by atoms with Crippen molar-refractivity contribution in [3.8, 4) is 0 Å². The van der Waals surface area contributed by atoms with Gasteiger partial charge in [0, 0.05) is 44.7 Å². The van der Waals surface area contributed by atoms with Crippen molar-refractivity contribution in [3.05, 3.63) is 0 Å². The summed E-state index contributed by atoms with van der Waals surface area (Å²) >= 11 is 0. The minimum atomic E-state index is -4.03. The van der Waals surface area contributed by atoms with Crippen LogP contribution >= 0.6 is 0 Å². The van der Waals surface area contributed by atoms with Gasteiger partial charge >= 0.3 is 12.1 Å². The van der Waals surface area contributed by atoms with E-state index in [1.54, 1.807) is 0 Å². The molecule has 2 aliphatic carbocycles. The van der Waals surface area contributed by atoms with Crippen molar-refractivity contribution in [1.29, 1.82) is 0 Å². The quantitative estimate of drug-likeness (QED) is 0.507. The van der Waals surface area contributed by atoms with Crippen LogP contribution in [-0.4, -0.2) is 71.7 Å². The number of hydrogen-bond donors (Lipinski definition) is 3. The lowest BCUT2D eigenvalue weighted by Gasteiger charge is -2.47. The van der Waals surface area contributed by atoms with E-state index in [9.17, 15) is 18.0 Å². The highest BCUT2D eigenvalue weighted by atomic mass is 19.4. The first kappa shape index (κ1) is 25.7. The standard InChI is InChI=1S/C26H43F3N4O2/c27-26(28,29)20-9-7-19(8-10-20)22-2-1-12-33(22)25-21-11-13-32(24(21)30-16-31-25)15-18-5-3-17(4-6-18)14-23(34)35/h17-22,24-25,30-31H,1-16H2,(H,34,35)/t17?,18?,19?,20?,21?,22-,24?,25?/m1/s1. The van der Waals surface area contributed by atoms with E-state index in [4.69, 9.17) is 5.11 Å². The van der Waals surface area contributed by atoms with Crippen molar-refractivity contribution in [2.24, 2.45) is 29.6 Å². The average Bonchev–Trinajstić information content (AvgIpc) is 3.47. The molecule has 5 aliphatic rings. The molecule has 35 heavy (non-hydrogen) atoms. The second-order valence-corrected chi connectivity index (χ2v) is 12.0. The average molecular weight is 501 g/mol. The number of carboxylic acid groups (broad SMARTS) is 1. The number of carbonyl (C=O) groups is 1. The number of carboxylic acids is 1. The van der Waals surface area contributed by atoms with E-state index < -0.39 is 18.1 Å². The van der Waals surface area contributed by atoms with Gasteiger partial charge in [-0.25, -0.2) is 0 Å². The summed E-state index contributed by atoms with van der Waals surface area (Å²) in [4.78, 5) is 16.3. The smallest absolute Gasteiger partial charge is 0.391 e. The van der Waals surface area contributed by atoms with E-state index in [1.165, 1.54) is 0 Å². The fraction of sp³-hybridized carbons (Fsp3) is 0.962. The SMILES string of the molecule is O=C(O)CC1CCC(CN2CCC3C2NCNC3N2CCC[C@@H]2C2CCC(C(F)(F)F)CC2)CC1. The van der Waals surface area contributed by atoms with Gasteiger partial charge in [0.2, 0.25) is 0 Å². The normalized spacial score (nSPS) is 41.7. The molecule has 3 saturated heterocycles. The van der Waals surface area contributed by atoms with Crippen molar-refractivity contribution >= 4 is 5.97 Å². The third-order valence-corrected chi connectivity index (χ3v) is 9.98. The maximum atomic E-state index is 13.2. The van der Waals surface area contributed by atoms with Gasteiger partial charge in [0.1, 0.15) is 0 Å². The number of fused-ring (bicyclic) bond motifs is 1. The molecule has 0 bridgehead atoms. The van der Waals surface area contributed by atoms with E-state index in [-0.39, 0.29) is 0 Å². The number of rotatable bonds is 6. The lowest BCUT2D eigenvalue weighted by atomic mass is 9.77. The summed E-state index contributed by atoms with van der Waals surface area (Å²) in [5.41, 5.74) is 0. The summed E-state index contributed by atoms with van der Waals surface area (Å²) in [6.45, 7) is 4.01. The van der Waals surface area contributed by atoms with Crippen LogP contribution in [-0.2, 0) is 4.79 Å². The summed E-state index contributed by atoms with van der Waals surface area (Å²) in [6.07, 6.45) is 6.69. The number of alkyl halides is 3. The zero-order valence-corrected chi connectivity index (χ0v) is 20.8. The van der Waals surface area contributed by atoms with Gasteiger partial charge in [-0.1, -0.05) is 0 Å². The summed E-state index contributed by atoms with van der Waals surface area (Å²) in [6, 6.07) is 0.416. The van der Waals surface area contributed by atoms with Gasteiger partial charge in [-0.2, -0.15) is 13.2 Å². The maximum Gasteiger partial charge on any atom is 0.391 e. The molecular weight excluding hydrogens is 457 g/mol. The molecule has 0 spiro atoms. The van der Waals surface area contributed by atoms with Gasteiger partial charge in [0.25, 0.3) is 0 Å². The monoisotopic (exact) mass is 500 g/mol. The molecular formula is C26H43F3N4O2. The summed E-state index contributed by atoms with van der Waals surface area (Å²) < 4.78 is 39.5. The predicted molar refractivity (Wildman–Crippen MR) is 127 cm³/mol. The molecule has 3 N–H and O–H groups in total. The zero-order chi connectivity index (χ0) is 24.6. The molecule has 0 radical (unpaired) electrons. The second kappa shape index (κ2) is 10.8. The number of halogens is 3. The Morgan fingerprint density at radius 1 is 0.857 bits per heavy atom. The first-order valence-electron chi connectivity index (χ1n) is 14.0. The third kappa shape index (κ3) is 5.83. The largest absolute Gasteiger partial charge is 0.481 e. The van der Waals surface area contributed by atoms with E-state index in [2.05, 4.69) is 20.4 Å². The van der Waals surface area contributed by atoms with Gasteiger partial charge in [-0.05, 0) is 88.4 Å². The Morgan fingerprint density at radius 2 is 1.54 bits per heavy atom. The predicted octanol–water partition coefficient (Wildman–Crippen LogP) is 4.23. The Morgan fingerprint density at radius 3 is 2.23 bits per heavy atom. The van der Waals surface area contributed by atoms with Crippen LogP contribution in [0.3, 0.4) is 0 Å². The molecule has 0 aromatic heterocycles. The third-order valence-electron chi connectivity index (χ3n) is 9.98. The van der Waals surface area contributed by atoms with Gasteiger partial charge < -0.3 is 5.11 Å². The number of likely N-dealkylation sites (tertiary alicyclic amines) is 2. The zero-order valence-electron chi connectivity index (χ0n) is 20.8. The minimum absolute atomic E-state index is 0.298. The highest BCUT2D eigenvalue weighted by Gasteiger charge is 2.49. The van der Waals surface area contributed by atoms with E-state index in [0.29, 0.717) is 74.1 Å². The number of hydrogen-bond acceptors (Lipinski definition) is 5. The molecule has 5 fully saturated rings. The van der Waals surface area contributed by atoms with Gasteiger partial charge in [0.05, 0.1) is 18.2 Å². The fourth-order valence-electron chi connectivity index (χ4n) is 8.18. The summed E-state index contributed by atoms with van der Waals surface area (Å²) in [5, 5.41) is 16.5. The van der Waals surface area contributed by atoms with Crippen LogP contribution in [0.25, 0.3) is 0 Å². The number of nitrogens with zero attached hydrogens (tertiary/aromatic N) is 2. The molecule has 6 nitrogen and oxygen atoms in total. The van der Waals surface area contributed by atoms with Gasteiger partial charge in [-0.3, -0.25) is 25.2 Å². The highest BCUT2D eigenvalue weighted by molar-refractivity contribution is 5.67. The Labute approximate surface area is 207 Å². The molecule has 0 aromatic rings. The topological polar surface area (TPSA) is 67.8 Å². The number of aliphatic carboxylic acids is 1. The lowest BCUT2D eigenvalue weighted by molar-refractivity contribution is -0.185. The van der Waals surface area contributed by atoms with Crippen LogP contribution in [0.5, 0.6) is 0 Å². The van der Waals surface area contributed by atoms with E-state index in [0.717, 1.165) is 71.2 Å². The van der Waals surface area contributed by atoms with Crippen LogP contribution in [0.15, 0.2) is 0 Å². The summed E-state index contributed by atoms with van der Waals surface area (Å²) in [7, 11) is 0. The maximum absolute atomic E-state index is 13.2. The van der Waals surface area contributed by atoms with Crippen LogP contribution < -0.4 is 10.6 Å². The van der Waals surface area contributed by atoms with Crippen molar-refractivity contribution in [2.45, 2.75) is 102 Å². The van der Waals surface area contributed by atoms with Crippen LogP contribution in [0.4, 0.5) is 13.2 Å². The van der Waals surface area contributed by atoms with E-state index in [1.807, 2.05) is 0 Å². The summed E-state index contributed by atoms with van der Waals surface area (Å²) in [5.74, 6) is 0.114. The van der Waals surface area contributed by atoms with Crippen LogP contribution in [0.2, 0.25) is 0 Å². The molecule has 3 unspecified atom stereocenters. The lowest BCUT2D eigenvalue weighted by Crippen LogP contribution is -2.66. The highest BCUT2D eigenvalue weighted by Crippen LogP contribution is 2.44. The molecule has 0 amide bonds. The molecule has 200 valence electrons. The number of nitrogens with one attached hydrogen (secondary N) is 2. The molecule has 9 heteroatoms. The second-order valence-electron chi connectivity index (χ2n) is 12.0. The molecule has 3 heterocycles.